The number of likely N-dealkylation sites (N-methyl/N-ethyl adjacent to an activating group) is 1. The number of carbonyl (C=O) groups is 2. The topological polar surface area (TPSA) is 64.7 Å². The van der Waals surface area contributed by atoms with Crippen molar-refractivity contribution in [3.63, 3.8) is 0 Å². The highest BCUT2D eigenvalue weighted by molar-refractivity contribution is 7.13. The molecule has 2 amide bonds. The van der Waals surface area contributed by atoms with Crippen LogP contribution in [0.2, 0.25) is 10.0 Å². The van der Waals surface area contributed by atoms with E-state index in [1.165, 1.54) is 23.5 Å². The molecular weight excluding hydrogens is 498 g/mol. The van der Waals surface area contributed by atoms with Crippen LogP contribution < -0.4 is 10.6 Å². The van der Waals surface area contributed by atoms with E-state index in [0.29, 0.717) is 27.2 Å². The first-order valence-corrected chi connectivity index (χ1v) is 12.3. The second kappa shape index (κ2) is 10.8. The third-order valence-corrected chi connectivity index (χ3v) is 7.40. The number of piperazine rings is 1. The molecule has 2 N–H and O–H groups in total. The van der Waals surface area contributed by atoms with Gasteiger partial charge in [0.25, 0.3) is 11.8 Å². The second-order valence-corrected chi connectivity index (χ2v) is 9.78. The number of amides is 2. The monoisotopic (exact) mass is 520 g/mol. The van der Waals surface area contributed by atoms with E-state index in [-0.39, 0.29) is 11.3 Å². The number of hydrogen-bond acceptors (Lipinski definition) is 5. The van der Waals surface area contributed by atoms with Crippen LogP contribution in [0.4, 0.5) is 15.8 Å². The predicted octanol–water partition coefficient (Wildman–Crippen LogP) is 5.45. The van der Waals surface area contributed by atoms with Crippen molar-refractivity contribution in [3.8, 4) is 0 Å². The van der Waals surface area contributed by atoms with E-state index in [9.17, 15) is 14.0 Å². The molecule has 34 heavy (non-hydrogen) atoms. The summed E-state index contributed by atoms with van der Waals surface area (Å²) >= 11 is 13.7. The molecule has 1 fully saturated rings. The Morgan fingerprint density at radius 1 is 1.00 bits per heavy atom. The molecule has 1 aromatic heterocycles. The van der Waals surface area contributed by atoms with Gasteiger partial charge in [-0.2, -0.15) is 0 Å². The van der Waals surface area contributed by atoms with Crippen molar-refractivity contribution in [3.05, 3.63) is 79.7 Å². The van der Waals surface area contributed by atoms with Gasteiger partial charge in [-0.25, -0.2) is 4.39 Å². The molecule has 0 spiro atoms. The molecule has 0 atom stereocenters. The summed E-state index contributed by atoms with van der Waals surface area (Å²) in [5.41, 5.74) is 1.56. The van der Waals surface area contributed by atoms with Crippen molar-refractivity contribution < 1.29 is 14.0 Å². The minimum Gasteiger partial charge on any atom is -0.322 e. The van der Waals surface area contributed by atoms with E-state index < -0.39 is 17.6 Å². The van der Waals surface area contributed by atoms with Gasteiger partial charge in [0, 0.05) is 43.4 Å². The van der Waals surface area contributed by atoms with Crippen LogP contribution in [0.3, 0.4) is 0 Å². The quantitative estimate of drug-likeness (QED) is 0.453. The molecule has 178 valence electrons. The lowest BCUT2D eigenvalue weighted by Gasteiger charge is -2.32. The molecule has 6 nitrogen and oxygen atoms in total. The normalized spacial score (nSPS) is 14.7. The van der Waals surface area contributed by atoms with Crippen LogP contribution in [0.1, 0.15) is 25.6 Å². The third-order valence-electron chi connectivity index (χ3n) is 5.57. The molecule has 1 saturated heterocycles. The zero-order valence-corrected chi connectivity index (χ0v) is 20.7. The first-order chi connectivity index (χ1) is 16.3. The lowest BCUT2D eigenvalue weighted by atomic mass is 10.1. The van der Waals surface area contributed by atoms with Gasteiger partial charge in [-0.05, 0) is 60.5 Å². The largest absolute Gasteiger partial charge is 0.322 e. The number of halogens is 3. The molecule has 4 rings (SSSR count). The fourth-order valence-electron chi connectivity index (χ4n) is 3.61. The molecule has 2 heterocycles. The molecule has 0 saturated carbocycles. The van der Waals surface area contributed by atoms with Gasteiger partial charge in [-0.3, -0.25) is 14.5 Å². The number of rotatable bonds is 6. The second-order valence-electron chi connectivity index (χ2n) is 8.09. The minimum atomic E-state index is -0.595. The first kappa shape index (κ1) is 24.6. The molecule has 2 aromatic carbocycles. The molecule has 0 aliphatic carbocycles. The van der Waals surface area contributed by atoms with E-state index in [4.69, 9.17) is 23.2 Å². The minimum absolute atomic E-state index is 0.00589. The SMILES string of the molecule is CN1CCN(Cc2csc(C(=O)Nc3ccc(F)cc3C(=O)Nc3ccc(Cl)cc3)c2Cl)CC1. The summed E-state index contributed by atoms with van der Waals surface area (Å²) in [4.78, 5) is 30.7. The maximum atomic E-state index is 13.9. The standard InChI is InChI=1S/C24H23Cl2FN4O2S/c1-30-8-10-31(11-9-30)13-15-14-34-22(21(15)26)24(33)29-20-7-4-17(27)12-19(20)23(32)28-18-5-2-16(25)3-6-18/h2-7,12,14H,8-11,13H2,1H3,(H,28,32)(H,29,33). The Hall–Kier alpha value is -2.49. The molecule has 1 aliphatic rings. The molecule has 0 bridgehead atoms. The number of nitrogens with one attached hydrogen (secondary N) is 2. The highest BCUT2D eigenvalue weighted by Gasteiger charge is 2.22. The van der Waals surface area contributed by atoms with Crippen molar-refractivity contribution >= 4 is 57.7 Å². The van der Waals surface area contributed by atoms with Crippen molar-refractivity contribution in [2.24, 2.45) is 0 Å². The van der Waals surface area contributed by atoms with Crippen LogP contribution in [0.25, 0.3) is 0 Å². The summed E-state index contributed by atoms with van der Waals surface area (Å²) in [6.07, 6.45) is 0. The van der Waals surface area contributed by atoms with Crippen molar-refractivity contribution in [2.75, 3.05) is 43.9 Å². The van der Waals surface area contributed by atoms with Crippen molar-refractivity contribution in [2.45, 2.75) is 6.54 Å². The average Bonchev–Trinajstić information content (AvgIpc) is 3.18. The average molecular weight is 521 g/mol. The Morgan fingerprint density at radius 3 is 2.41 bits per heavy atom. The van der Waals surface area contributed by atoms with Gasteiger partial charge in [0.05, 0.1) is 16.3 Å². The Labute approximate surface area is 211 Å². The predicted molar refractivity (Wildman–Crippen MR) is 136 cm³/mol. The maximum absolute atomic E-state index is 13.9. The Bertz CT molecular complexity index is 1190. The number of carbonyl (C=O) groups excluding carboxylic acids is 2. The Kier molecular flexibility index (Phi) is 7.85. The maximum Gasteiger partial charge on any atom is 0.267 e. The number of hydrogen-bond donors (Lipinski definition) is 2. The van der Waals surface area contributed by atoms with Gasteiger partial charge in [-0.15, -0.1) is 11.3 Å². The Balaban J connectivity index is 1.48. The van der Waals surface area contributed by atoms with Crippen LogP contribution in [-0.2, 0) is 6.54 Å². The van der Waals surface area contributed by atoms with E-state index in [1.807, 2.05) is 5.38 Å². The fraction of sp³-hybridized carbons (Fsp3) is 0.250. The summed E-state index contributed by atoms with van der Waals surface area (Å²) in [6.45, 7) is 4.51. The van der Waals surface area contributed by atoms with E-state index in [0.717, 1.165) is 37.8 Å². The van der Waals surface area contributed by atoms with Crippen LogP contribution >= 0.6 is 34.5 Å². The van der Waals surface area contributed by atoms with E-state index >= 15 is 0 Å². The molecular formula is C24H23Cl2FN4O2S. The number of nitrogens with zero attached hydrogens (tertiary/aromatic N) is 2. The van der Waals surface area contributed by atoms with Crippen LogP contribution in [0.5, 0.6) is 0 Å². The van der Waals surface area contributed by atoms with Gasteiger partial charge < -0.3 is 15.5 Å². The lowest BCUT2D eigenvalue weighted by molar-refractivity contribution is 0.102. The van der Waals surface area contributed by atoms with Crippen LogP contribution in [0, 0.1) is 5.82 Å². The smallest absolute Gasteiger partial charge is 0.267 e. The Morgan fingerprint density at radius 2 is 1.71 bits per heavy atom. The lowest BCUT2D eigenvalue weighted by Crippen LogP contribution is -2.43. The summed E-state index contributed by atoms with van der Waals surface area (Å²) in [6, 6.07) is 10.1. The summed E-state index contributed by atoms with van der Waals surface area (Å²) in [5.74, 6) is -1.61. The van der Waals surface area contributed by atoms with Gasteiger partial charge in [0.2, 0.25) is 0 Å². The third kappa shape index (κ3) is 5.95. The zero-order valence-electron chi connectivity index (χ0n) is 18.4. The van der Waals surface area contributed by atoms with Crippen LogP contribution in [0.15, 0.2) is 47.8 Å². The van der Waals surface area contributed by atoms with E-state index in [2.05, 4.69) is 27.5 Å². The van der Waals surface area contributed by atoms with Gasteiger partial charge in [0.15, 0.2) is 0 Å². The van der Waals surface area contributed by atoms with Gasteiger partial charge in [0.1, 0.15) is 10.7 Å². The van der Waals surface area contributed by atoms with Crippen LogP contribution in [-0.4, -0.2) is 54.8 Å². The number of thiophene rings is 1. The van der Waals surface area contributed by atoms with Crippen molar-refractivity contribution in [1.82, 2.24) is 9.80 Å². The summed E-state index contributed by atoms with van der Waals surface area (Å²) < 4.78 is 13.9. The molecule has 10 heteroatoms. The molecule has 0 radical (unpaired) electrons. The summed E-state index contributed by atoms with van der Waals surface area (Å²) in [7, 11) is 2.09. The highest BCUT2D eigenvalue weighted by atomic mass is 35.5. The fourth-order valence-corrected chi connectivity index (χ4v) is 4.98. The van der Waals surface area contributed by atoms with Gasteiger partial charge >= 0.3 is 0 Å². The van der Waals surface area contributed by atoms with Gasteiger partial charge in [-0.1, -0.05) is 23.2 Å². The van der Waals surface area contributed by atoms with Crippen molar-refractivity contribution in [1.29, 1.82) is 0 Å². The number of benzene rings is 2. The van der Waals surface area contributed by atoms with E-state index in [1.54, 1.807) is 24.3 Å². The highest BCUT2D eigenvalue weighted by Crippen LogP contribution is 2.31. The number of anilines is 2. The molecule has 3 aromatic rings. The summed E-state index contributed by atoms with van der Waals surface area (Å²) in [5, 5.41) is 8.20. The molecule has 1 aliphatic heterocycles. The molecule has 0 unspecified atom stereocenters. The first-order valence-electron chi connectivity index (χ1n) is 10.6. The zero-order chi connectivity index (χ0) is 24.2.